The number of nitrogens with zero attached hydrogens (tertiary/aromatic N) is 1. The molecule has 1 spiro atoms. The number of piperidine rings is 1. The van der Waals surface area contributed by atoms with Gasteiger partial charge in [-0.15, -0.1) is 0 Å². The molecule has 2 fully saturated rings. The molecule has 5 nitrogen and oxygen atoms in total. The van der Waals surface area contributed by atoms with Gasteiger partial charge < -0.3 is 0 Å². The second kappa shape index (κ2) is 5.98. The maximum atomic E-state index is 12.9. The summed E-state index contributed by atoms with van der Waals surface area (Å²) in [5.41, 5.74) is -0.435. The molecule has 0 amide bonds. The standard InChI is InChI=1S/C14H17BrClNO4S2/c15-13-11(16)3-1-4-12(13)23(20,21)17-7-2-5-14(9-17)6-8-22(18,19)10-14/h1,3-4H,2,5-10H2. The number of hydrogen-bond donors (Lipinski definition) is 0. The van der Waals surface area contributed by atoms with Crippen LogP contribution in [0.3, 0.4) is 0 Å². The predicted molar refractivity (Wildman–Crippen MR) is 92.8 cm³/mol. The van der Waals surface area contributed by atoms with Gasteiger partial charge in [-0.2, -0.15) is 4.31 Å². The second-order valence-corrected chi connectivity index (χ2v) is 11.6. The smallest absolute Gasteiger partial charge is 0.229 e. The maximum absolute atomic E-state index is 12.9. The van der Waals surface area contributed by atoms with Crippen LogP contribution in [-0.2, 0) is 19.9 Å². The highest BCUT2D eigenvalue weighted by atomic mass is 79.9. The summed E-state index contributed by atoms with van der Waals surface area (Å²) in [6, 6.07) is 4.73. The average molecular weight is 443 g/mol. The summed E-state index contributed by atoms with van der Waals surface area (Å²) in [5.74, 6) is 0.241. The van der Waals surface area contributed by atoms with Crippen molar-refractivity contribution in [2.24, 2.45) is 5.41 Å². The molecule has 9 heteroatoms. The quantitative estimate of drug-likeness (QED) is 0.706. The van der Waals surface area contributed by atoms with Crippen molar-refractivity contribution in [2.45, 2.75) is 24.2 Å². The van der Waals surface area contributed by atoms with E-state index in [1.54, 1.807) is 12.1 Å². The largest absolute Gasteiger partial charge is 0.244 e. The van der Waals surface area contributed by atoms with Gasteiger partial charge in [-0.1, -0.05) is 17.7 Å². The van der Waals surface area contributed by atoms with E-state index in [0.29, 0.717) is 28.9 Å². The van der Waals surface area contributed by atoms with Crippen LogP contribution in [0.15, 0.2) is 27.6 Å². The van der Waals surface area contributed by atoms with Gasteiger partial charge in [-0.05, 0) is 52.7 Å². The minimum atomic E-state index is -3.71. The summed E-state index contributed by atoms with van der Waals surface area (Å²) in [5, 5.41) is 0.334. The van der Waals surface area contributed by atoms with Crippen molar-refractivity contribution in [3.63, 3.8) is 0 Å². The van der Waals surface area contributed by atoms with Crippen molar-refractivity contribution >= 4 is 47.4 Å². The van der Waals surface area contributed by atoms with Crippen molar-refractivity contribution in [3.8, 4) is 0 Å². The Hall–Kier alpha value is -0.150. The Morgan fingerprint density at radius 1 is 1.26 bits per heavy atom. The number of halogens is 2. The third-order valence-electron chi connectivity index (χ3n) is 4.63. The van der Waals surface area contributed by atoms with Gasteiger partial charge in [0.05, 0.1) is 25.9 Å². The number of sulfone groups is 1. The summed E-state index contributed by atoms with van der Waals surface area (Å²) in [6.45, 7) is 0.663. The molecule has 128 valence electrons. The van der Waals surface area contributed by atoms with Gasteiger partial charge in [-0.3, -0.25) is 0 Å². The predicted octanol–water partition coefficient (Wildman–Crippen LogP) is 2.69. The lowest BCUT2D eigenvalue weighted by atomic mass is 9.80. The van der Waals surface area contributed by atoms with Crippen molar-refractivity contribution in [3.05, 3.63) is 27.7 Å². The van der Waals surface area contributed by atoms with E-state index in [1.165, 1.54) is 10.4 Å². The van der Waals surface area contributed by atoms with Crippen LogP contribution in [0.5, 0.6) is 0 Å². The van der Waals surface area contributed by atoms with Crippen molar-refractivity contribution < 1.29 is 16.8 Å². The zero-order valence-corrected chi connectivity index (χ0v) is 16.3. The summed E-state index contributed by atoms with van der Waals surface area (Å²) in [6.07, 6.45) is 1.97. The normalized spacial score (nSPS) is 28.3. The van der Waals surface area contributed by atoms with Crippen LogP contribution < -0.4 is 0 Å². The van der Waals surface area contributed by atoms with Crippen molar-refractivity contribution in [1.82, 2.24) is 4.31 Å². The van der Waals surface area contributed by atoms with Gasteiger partial charge in [0.2, 0.25) is 10.0 Å². The number of rotatable bonds is 2. The Balaban J connectivity index is 1.93. The summed E-state index contributed by atoms with van der Waals surface area (Å²) in [4.78, 5) is 0.128. The fraction of sp³-hybridized carbons (Fsp3) is 0.571. The second-order valence-electron chi connectivity index (χ2n) is 6.34. The third-order valence-corrected chi connectivity index (χ3v) is 10.1. The van der Waals surface area contributed by atoms with Gasteiger partial charge >= 0.3 is 0 Å². The molecule has 2 heterocycles. The first-order chi connectivity index (χ1) is 10.7. The lowest BCUT2D eigenvalue weighted by Gasteiger charge is -2.39. The Bertz CT molecular complexity index is 840. The van der Waals surface area contributed by atoms with Gasteiger partial charge in [0.15, 0.2) is 9.84 Å². The highest BCUT2D eigenvalue weighted by Crippen LogP contribution is 2.42. The summed E-state index contributed by atoms with van der Waals surface area (Å²) < 4.78 is 51.3. The minimum absolute atomic E-state index is 0.0860. The van der Waals surface area contributed by atoms with E-state index in [9.17, 15) is 16.8 Å². The van der Waals surface area contributed by atoms with Gasteiger partial charge in [0.1, 0.15) is 0 Å². The number of sulfonamides is 1. The molecule has 2 saturated heterocycles. The van der Waals surface area contributed by atoms with Crippen LogP contribution in [0.25, 0.3) is 0 Å². The maximum Gasteiger partial charge on any atom is 0.244 e. The van der Waals surface area contributed by atoms with E-state index < -0.39 is 25.3 Å². The van der Waals surface area contributed by atoms with Crippen LogP contribution in [-0.4, -0.2) is 45.7 Å². The fourth-order valence-electron chi connectivity index (χ4n) is 3.49. The topological polar surface area (TPSA) is 71.5 Å². The summed E-state index contributed by atoms with van der Waals surface area (Å²) in [7, 11) is -6.76. The minimum Gasteiger partial charge on any atom is -0.229 e. The Labute approximate surface area is 150 Å². The Morgan fingerprint density at radius 2 is 2.00 bits per heavy atom. The zero-order chi connectivity index (χ0) is 16.9. The third kappa shape index (κ3) is 3.33. The van der Waals surface area contributed by atoms with Crippen molar-refractivity contribution in [2.75, 3.05) is 24.6 Å². The molecule has 1 aromatic carbocycles. The van der Waals surface area contributed by atoms with Crippen LogP contribution in [0.4, 0.5) is 0 Å². The molecule has 0 aliphatic carbocycles. The van der Waals surface area contributed by atoms with Crippen LogP contribution in [0.2, 0.25) is 5.02 Å². The lowest BCUT2D eigenvalue weighted by Crippen LogP contribution is -2.46. The first kappa shape index (κ1) is 17.7. The van der Waals surface area contributed by atoms with Gasteiger partial charge in [-0.25, -0.2) is 16.8 Å². The van der Waals surface area contributed by atoms with E-state index in [-0.39, 0.29) is 22.9 Å². The molecule has 1 unspecified atom stereocenters. The molecule has 0 saturated carbocycles. The molecule has 2 aliphatic heterocycles. The molecular weight excluding hydrogens is 426 g/mol. The highest BCUT2D eigenvalue weighted by molar-refractivity contribution is 9.10. The van der Waals surface area contributed by atoms with Gasteiger partial charge in [0, 0.05) is 13.1 Å². The van der Waals surface area contributed by atoms with E-state index in [0.717, 1.165) is 6.42 Å². The lowest BCUT2D eigenvalue weighted by molar-refractivity contribution is 0.173. The summed E-state index contributed by atoms with van der Waals surface area (Å²) >= 11 is 9.25. The molecule has 0 radical (unpaired) electrons. The van der Waals surface area contributed by atoms with E-state index >= 15 is 0 Å². The van der Waals surface area contributed by atoms with E-state index in [1.807, 2.05) is 0 Å². The molecule has 2 aliphatic rings. The SMILES string of the molecule is O=S1(=O)CCC2(CCCN(S(=O)(=O)c3cccc(Cl)c3Br)C2)C1. The molecule has 1 aromatic rings. The Kier molecular flexibility index (Phi) is 4.59. The molecular formula is C14H17BrClNO4S2. The molecule has 1 atom stereocenters. The van der Waals surface area contributed by atoms with Crippen LogP contribution >= 0.6 is 27.5 Å². The first-order valence-electron chi connectivity index (χ1n) is 7.30. The van der Waals surface area contributed by atoms with E-state index in [2.05, 4.69) is 15.9 Å². The molecule has 3 rings (SSSR count). The first-order valence-corrected chi connectivity index (χ1v) is 11.7. The Morgan fingerprint density at radius 3 is 2.65 bits per heavy atom. The van der Waals surface area contributed by atoms with Crippen molar-refractivity contribution in [1.29, 1.82) is 0 Å². The number of benzene rings is 1. The molecule has 0 bridgehead atoms. The zero-order valence-electron chi connectivity index (χ0n) is 12.3. The molecule has 0 N–H and O–H groups in total. The van der Waals surface area contributed by atoms with E-state index in [4.69, 9.17) is 11.6 Å². The fourth-order valence-corrected chi connectivity index (χ4v) is 8.48. The molecule has 0 aromatic heterocycles. The van der Waals surface area contributed by atoms with Crippen LogP contribution in [0.1, 0.15) is 19.3 Å². The average Bonchev–Trinajstić information content (AvgIpc) is 2.76. The number of hydrogen-bond acceptors (Lipinski definition) is 4. The highest BCUT2D eigenvalue weighted by Gasteiger charge is 2.47. The monoisotopic (exact) mass is 441 g/mol. The van der Waals surface area contributed by atoms with Gasteiger partial charge in [0.25, 0.3) is 0 Å². The molecule has 23 heavy (non-hydrogen) atoms. The van der Waals surface area contributed by atoms with Crippen LogP contribution in [0, 0.1) is 5.41 Å².